The van der Waals surface area contributed by atoms with Gasteiger partial charge in [-0.15, -0.1) is 0 Å². The van der Waals surface area contributed by atoms with Crippen LogP contribution in [0.3, 0.4) is 0 Å². The third-order valence-corrected chi connectivity index (χ3v) is 6.85. The topological polar surface area (TPSA) is 87.4 Å². The maximum atomic E-state index is 13.3. The quantitative estimate of drug-likeness (QED) is 0.716. The number of fused-ring (bicyclic) bond motifs is 2. The minimum atomic E-state index is -0.514. The van der Waals surface area contributed by atoms with Crippen LogP contribution < -0.4 is 20.5 Å². The molecule has 0 bridgehead atoms. The third-order valence-electron chi connectivity index (χ3n) is 6.85. The van der Waals surface area contributed by atoms with Crippen LogP contribution in [0.15, 0.2) is 23.0 Å². The highest BCUT2D eigenvalue weighted by Gasteiger charge is 2.43. The molecule has 0 saturated heterocycles. The zero-order chi connectivity index (χ0) is 21.3. The molecule has 166 valence electrons. The monoisotopic (exact) mass is 426 g/mol. The lowest BCUT2D eigenvalue weighted by Crippen LogP contribution is -2.43. The van der Waals surface area contributed by atoms with Crippen molar-refractivity contribution in [2.24, 2.45) is 0 Å². The van der Waals surface area contributed by atoms with Crippen LogP contribution in [-0.2, 0) is 29.7 Å². The molecule has 3 aliphatic rings. The first-order chi connectivity index (χ1) is 15.2. The second-order valence-corrected chi connectivity index (χ2v) is 8.79. The summed E-state index contributed by atoms with van der Waals surface area (Å²) in [6.45, 7) is 2.91. The lowest BCUT2D eigenvalue weighted by molar-refractivity contribution is -0.126. The van der Waals surface area contributed by atoms with E-state index in [0.717, 1.165) is 74.4 Å². The molecular weight excluding hydrogens is 396 g/mol. The summed E-state index contributed by atoms with van der Waals surface area (Å²) in [7, 11) is 0. The van der Waals surface area contributed by atoms with Gasteiger partial charge in [-0.2, -0.15) is 5.10 Å². The van der Waals surface area contributed by atoms with Crippen LogP contribution in [0.25, 0.3) is 0 Å². The van der Waals surface area contributed by atoms with Gasteiger partial charge in [-0.1, -0.05) is 18.9 Å². The average molecular weight is 427 g/mol. The van der Waals surface area contributed by atoms with Crippen molar-refractivity contribution in [1.82, 2.24) is 19.7 Å². The van der Waals surface area contributed by atoms with E-state index >= 15 is 0 Å². The lowest BCUT2D eigenvalue weighted by Gasteiger charge is -2.30. The molecule has 2 aliphatic heterocycles. The molecule has 0 spiro atoms. The zero-order valence-electron chi connectivity index (χ0n) is 17.9. The van der Waals surface area contributed by atoms with Crippen molar-refractivity contribution in [2.75, 3.05) is 19.8 Å². The highest BCUT2D eigenvalue weighted by molar-refractivity contribution is 5.88. The van der Waals surface area contributed by atoms with Gasteiger partial charge in [-0.3, -0.25) is 9.36 Å². The Kier molecular flexibility index (Phi) is 5.46. The summed E-state index contributed by atoms with van der Waals surface area (Å²) in [5.74, 6) is 2.43. The average Bonchev–Trinajstić information content (AvgIpc) is 3.43. The van der Waals surface area contributed by atoms with Crippen LogP contribution in [0.1, 0.15) is 56.3 Å². The molecule has 1 N–H and O–H groups in total. The van der Waals surface area contributed by atoms with Crippen molar-refractivity contribution in [2.45, 2.75) is 69.9 Å². The molecule has 1 saturated carbocycles. The number of rotatable bonds is 6. The molecule has 5 rings (SSSR count). The molecule has 8 nitrogen and oxygen atoms in total. The maximum absolute atomic E-state index is 13.3. The number of hydrogen-bond donors (Lipinski definition) is 1. The van der Waals surface area contributed by atoms with Crippen molar-refractivity contribution >= 4 is 5.91 Å². The van der Waals surface area contributed by atoms with E-state index < -0.39 is 5.41 Å². The van der Waals surface area contributed by atoms with E-state index in [1.165, 1.54) is 0 Å². The van der Waals surface area contributed by atoms with E-state index in [1.807, 2.05) is 18.2 Å². The van der Waals surface area contributed by atoms with Gasteiger partial charge >= 0.3 is 5.69 Å². The molecule has 1 aliphatic carbocycles. The summed E-state index contributed by atoms with van der Waals surface area (Å²) in [6, 6.07) is 5.91. The van der Waals surface area contributed by atoms with Gasteiger partial charge in [-0.25, -0.2) is 9.48 Å². The number of amides is 1. The Hall–Kier alpha value is -2.77. The smallest absolute Gasteiger partial charge is 0.345 e. The Morgan fingerprint density at radius 3 is 2.71 bits per heavy atom. The van der Waals surface area contributed by atoms with Gasteiger partial charge in [-0.05, 0) is 49.8 Å². The highest BCUT2D eigenvalue weighted by Crippen LogP contribution is 2.44. The van der Waals surface area contributed by atoms with Gasteiger partial charge in [0.05, 0.1) is 5.41 Å². The first-order valence-electron chi connectivity index (χ1n) is 11.5. The Balaban J connectivity index is 1.23. The first-order valence-corrected chi connectivity index (χ1v) is 11.5. The molecule has 1 fully saturated rings. The normalized spacial score (nSPS) is 19.1. The summed E-state index contributed by atoms with van der Waals surface area (Å²) in [6.07, 6.45) is 7.44. The number of nitrogens with zero attached hydrogens (tertiary/aromatic N) is 3. The van der Waals surface area contributed by atoms with Crippen molar-refractivity contribution in [3.05, 3.63) is 40.1 Å². The van der Waals surface area contributed by atoms with E-state index in [2.05, 4.69) is 10.4 Å². The Labute approximate surface area is 181 Å². The number of aryl methyl sites for hydroxylation is 2. The SMILES string of the molecule is O=C(NCCCn1nc2n(c1=O)CCCC2)C1(c2ccc3c(c2)OCCO3)CCCC1. The summed E-state index contributed by atoms with van der Waals surface area (Å²) < 4.78 is 14.7. The van der Waals surface area contributed by atoms with Gasteiger partial charge in [0, 0.05) is 26.1 Å². The van der Waals surface area contributed by atoms with Gasteiger partial charge in [0.2, 0.25) is 5.91 Å². The van der Waals surface area contributed by atoms with Crippen molar-refractivity contribution in [3.63, 3.8) is 0 Å². The number of carbonyl (C=O) groups is 1. The standard InChI is InChI=1S/C23H30N4O4/c28-21(24-11-5-13-27-22(29)26-12-4-1-6-20(26)25-27)23(9-2-3-10-23)17-7-8-18-19(16-17)31-15-14-30-18/h7-8,16H,1-6,9-15H2,(H,24,28). The molecule has 1 amide bonds. The van der Waals surface area contributed by atoms with Crippen LogP contribution in [0.4, 0.5) is 0 Å². The fourth-order valence-electron chi connectivity index (χ4n) is 5.16. The highest BCUT2D eigenvalue weighted by atomic mass is 16.6. The Morgan fingerprint density at radius 2 is 1.90 bits per heavy atom. The molecule has 2 aromatic rings. The molecule has 8 heteroatoms. The van der Waals surface area contributed by atoms with Gasteiger partial charge < -0.3 is 14.8 Å². The minimum Gasteiger partial charge on any atom is -0.486 e. The lowest BCUT2D eigenvalue weighted by atomic mass is 9.77. The number of carbonyl (C=O) groups excluding carboxylic acids is 1. The number of nitrogens with one attached hydrogen (secondary N) is 1. The molecule has 1 aromatic carbocycles. The summed E-state index contributed by atoms with van der Waals surface area (Å²) in [5, 5.41) is 7.61. The first kappa shape index (κ1) is 20.2. The third kappa shape index (κ3) is 3.72. The van der Waals surface area contributed by atoms with Gasteiger partial charge in [0.1, 0.15) is 19.0 Å². The predicted octanol–water partition coefficient (Wildman–Crippen LogP) is 2.17. The molecular formula is C23H30N4O4. The Morgan fingerprint density at radius 1 is 1.10 bits per heavy atom. The van der Waals surface area contributed by atoms with Crippen LogP contribution >= 0.6 is 0 Å². The zero-order valence-corrected chi connectivity index (χ0v) is 17.9. The molecule has 0 unspecified atom stereocenters. The van der Waals surface area contributed by atoms with E-state index in [1.54, 1.807) is 9.25 Å². The molecule has 0 radical (unpaired) electrons. The fourth-order valence-corrected chi connectivity index (χ4v) is 5.16. The molecule has 0 atom stereocenters. The second-order valence-electron chi connectivity index (χ2n) is 8.79. The molecule has 3 heterocycles. The van der Waals surface area contributed by atoms with E-state index in [9.17, 15) is 9.59 Å². The number of benzene rings is 1. The van der Waals surface area contributed by atoms with Crippen molar-refractivity contribution < 1.29 is 14.3 Å². The second kappa shape index (κ2) is 8.40. The van der Waals surface area contributed by atoms with Crippen LogP contribution in [0.5, 0.6) is 11.5 Å². The largest absolute Gasteiger partial charge is 0.486 e. The Bertz CT molecular complexity index is 1020. The summed E-state index contributed by atoms with van der Waals surface area (Å²) >= 11 is 0. The van der Waals surface area contributed by atoms with E-state index in [4.69, 9.17) is 9.47 Å². The van der Waals surface area contributed by atoms with E-state index in [0.29, 0.717) is 32.7 Å². The molecule has 31 heavy (non-hydrogen) atoms. The summed E-state index contributed by atoms with van der Waals surface area (Å²) in [5.41, 5.74) is 0.467. The maximum Gasteiger partial charge on any atom is 0.345 e. The minimum absolute atomic E-state index is 0.0235. The van der Waals surface area contributed by atoms with Crippen molar-refractivity contribution in [3.8, 4) is 11.5 Å². The van der Waals surface area contributed by atoms with E-state index in [-0.39, 0.29) is 11.6 Å². The predicted molar refractivity (Wildman–Crippen MR) is 115 cm³/mol. The van der Waals surface area contributed by atoms with Crippen LogP contribution in [-0.4, -0.2) is 40.0 Å². The number of ether oxygens (including phenoxy) is 2. The van der Waals surface area contributed by atoms with Gasteiger partial charge in [0.15, 0.2) is 11.5 Å². The number of hydrogen-bond acceptors (Lipinski definition) is 5. The number of aromatic nitrogens is 3. The summed E-state index contributed by atoms with van der Waals surface area (Å²) in [4.78, 5) is 25.8. The molecule has 1 aromatic heterocycles. The van der Waals surface area contributed by atoms with Crippen LogP contribution in [0, 0.1) is 0 Å². The van der Waals surface area contributed by atoms with Crippen LogP contribution in [0.2, 0.25) is 0 Å². The van der Waals surface area contributed by atoms with Crippen molar-refractivity contribution in [1.29, 1.82) is 0 Å². The fraction of sp³-hybridized carbons (Fsp3) is 0.609. The van der Waals surface area contributed by atoms with Gasteiger partial charge in [0.25, 0.3) is 0 Å².